The third-order valence-corrected chi connectivity index (χ3v) is 6.82. The maximum absolute atomic E-state index is 12.6. The maximum atomic E-state index is 12.6. The number of carbonyl (C=O) groups excluding carboxylic acids is 2. The predicted octanol–water partition coefficient (Wildman–Crippen LogP) is 3.06. The number of hydrogen-bond donors (Lipinski definition) is 2. The second-order valence-electron chi connectivity index (χ2n) is 8.14. The molecule has 1 aromatic rings. The van der Waals surface area contributed by atoms with Gasteiger partial charge < -0.3 is 10.6 Å². The first-order chi connectivity index (χ1) is 13.5. The van der Waals surface area contributed by atoms with Gasteiger partial charge in [0.15, 0.2) is 0 Å². The molecule has 3 rings (SSSR count). The first kappa shape index (κ1) is 20.8. The smallest absolute Gasteiger partial charge is 0.239 e. The van der Waals surface area contributed by atoms with Crippen molar-refractivity contribution in [3.63, 3.8) is 0 Å². The van der Waals surface area contributed by atoms with Crippen LogP contribution in [-0.2, 0) is 22.4 Å². The molecule has 152 valence electrons. The Morgan fingerprint density at radius 3 is 2.61 bits per heavy atom. The summed E-state index contributed by atoms with van der Waals surface area (Å²) in [5, 5.41) is 16.4. The summed E-state index contributed by atoms with van der Waals surface area (Å²) in [6.07, 6.45) is 7.18. The van der Waals surface area contributed by atoms with Gasteiger partial charge in [-0.25, -0.2) is 0 Å². The Morgan fingerprint density at radius 1 is 1.21 bits per heavy atom. The van der Waals surface area contributed by atoms with Crippen molar-refractivity contribution in [2.45, 2.75) is 64.8 Å². The van der Waals surface area contributed by atoms with Gasteiger partial charge in [0.05, 0.1) is 12.1 Å². The number of amides is 2. The fourth-order valence-electron chi connectivity index (χ4n) is 3.92. The fourth-order valence-corrected chi connectivity index (χ4v) is 5.18. The summed E-state index contributed by atoms with van der Waals surface area (Å²) < 4.78 is 0. The number of anilines is 1. The molecule has 7 heteroatoms. The van der Waals surface area contributed by atoms with E-state index < -0.39 is 0 Å². The summed E-state index contributed by atoms with van der Waals surface area (Å²) in [5.74, 6) is 0.0364. The molecule has 6 nitrogen and oxygen atoms in total. The standard InChI is InChI=1S/C21H30N4O2S/c1-14(2)20(27)23-15-8-10-25(11-9-15)13-19(26)24-21-17(12-22)16-6-4-3-5-7-18(16)28-21/h14-15H,3-11,13H2,1-2H3,(H,23,27)(H,24,26). The van der Waals surface area contributed by atoms with Crippen LogP contribution in [0, 0.1) is 17.2 Å². The highest BCUT2D eigenvalue weighted by molar-refractivity contribution is 7.16. The molecule has 28 heavy (non-hydrogen) atoms. The van der Waals surface area contributed by atoms with Gasteiger partial charge in [0, 0.05) is 29.9 Å². The van der Waals surface area contributed by atoms with Gasteiger partial charge in [0.25, 0.3) is 0 Å². The molecule has 0 spiro atoms. The quantitative estimate of drug-likeness (QED) is 0.741. The molecular weight excluding hydrogens is 372 g/mol. The highest BCUT2D eigenvalue weighted by Crippen LogP contribution is 2.36. The molecule has 0 bridgehead atoms. The van der Waals surface area contributed by atoms with Gasteiger partial charge in [-0.1, -0.05) is 20.3 Å². The van der Waals surface area contributed by atoms with E-state index in [1.54, 1.807) is 11.3 Å². The Hall–Kier alpha value is -1.91. The van der Waals surface area contributed by atoms with Crippen LogP contribution < -0.4 is 10.6 Å². The van der Waals surface area contributed by atoms with Gasteiger partial charge in [0.1, 0.15) is 11.1 Å². The number of rotatable bonds is 5. The van der Waals surface area contributed by atoms with Crippen molar-refractivity contribution >= 4 is 28.2 Å². The average molecular weight is 403 g/mol. The van der Waals surface area contributed by atoms with Gasteiger partial charge in [-0.3, -0.25) is 14.5 Å². The van der Waals surface area contributed by atoms with Crippen molar-refractivity contribution in [1.29, 1.82) is 5.26 Å². The second-order valence-corrected chi connectivity index (χ2v) is 9.25. The highest BCUT2D eigenvalue weighted by atomic mass is 32.1. The van der Waals surface area contributed by atoms with Crippen LogP contribution >= 0.6 is 11.3 Å². The van der Waals surface area contributed by atoms with E-state index in [1.165, 1.54) is 11.3 Å². The number of carbonyl (C=O) groups is 2. The summed E-state index contributed by atoms with van der Waals surface area (Å²) in [5.41, 5.74) is 1.83. The van der Waals surface area contributed by atoms with Gasteiger partial charge in [-0.2, -0.15) is 5.26 Å². The Balaban J connectivity index is 1.52. The van der Waals surface area contributed by atoms with Crippen LogP contribution in [0.5, 0.6) is 0 Å². The Bertz CT molecular complexity index is 757. The molecule has 1 aromatic heterocycles. The molecule has 0 radical (unpaired) electrons. The molecule has 0 atom stereocenters. The lowest BCUT2D eigenvalue weighted by molar-refractivity contribution is -0.125. The number of nitrogens with one attached hydrogen (secondary N) is 2. The normalized spacial score (nSPS) is 18.2. The zero-order chi connectivity index (χ0) is 20.1. The maximum Gasteiger partial charge on any atom is 0.239 e. The molecule has 2 N–H and O–H groups in total. The van der Waals surface area contributed by atoms with E-state index in [1.807, 2.05) is 13.8 Å². The summed E-state index contributed by atoms with van der Waals surface area (Å²) in [6, 6.07) is 2.52. The zero-order valence-corrected chi connectivity index (χ0v) is 17.7. The average Bonchev–Trinajstić information content (AvgIpc) is 2.82. The van der Waals surface area contributed by atoms with Gasteiger partial charge in [-0.15, -0.1) is 11.3 Å². The molecule has 1 aliphatic carbocycles. The van der Waals surface area contributed by atoms with Crippen molar-refractivity contribution in [3.05, 3.63) is 16.0 Å². The molecule has 2 heterocycles. The van der Waals surface area contributed by atoms with Crippen molar-refractivity contribution in [1.82, 2.24) is 10.2 Å². The van der Waals surface area contributed by atoms with Crippen molar-refractivity contribution < 1.29 is 9.59 Å². The van der Waals surface area contributed by atoms with E-state index in [2.05, 4.69) is 21.6 Å². The molecule has 1 aliphatic heterocycles. The van der Waals surface area contributed by atoms with Crippen molar-refractivity contribution in [3.8, 4) is 6.07 Å². The molecule has 0 aromatic carbocycles. The number of hydrogen-bond acceptors (Lipinski definition) is 5. The number of likely N-dealkylation sites (tertiary alicyclic amines) is 1. The van der Waals surface area contributed by atoms with Crippen LogP contribution in [0.4, 0.5) is 5.00 Å². The highest BCUT2D eigenvalue weighted by Gasteiger charge is 2.24. The number of piperidine rings is 1. The Morgan fingerprint density at radius 2 is 1.93 bits per heavy atom. The van der Waals surface area contributed by atoms with E-state index in [9.17, 15) is 14.9 Å². The molecular formula is C21H30N4O2S. The largest absolute Gasteiger partial charge is 0.353 e. The third kappa shape index (κ3) is 5.12. The summed E-state index contributed by atoms with van der Waals surface area (Å²) >= 11 is 1.58. The lowest BCUT2D eigenvalue weighted by atomic mass is 10.0. The lowest BCUT2D eigenvalue weighted by Crippen LogP contribution is -2.47. The lowest BCUT2D eigenvalue weighted by Gasteiger charge is -2.32. The number of fused-ring (bicyclic) bond motifs is 1. The summed E-state index contributed by atoms with van der Waals surface area (Å²) in [6.45, 7) is 5.71. The molecule has 0 unspecified atom stereocenters. The topological polar surface area (TPSA) is 85.2 Å². The van der Waals surface area contributed by atoms with Crippen LogP contribution in [0.1, 0.15) is 62.0 Å². The minimum absolute atomic E-state index is 0.000876. The number of nitriles is 1. The number of aryl methyl sites for hydroxylation is 1. The van der Waals surface area contributed by atoms with Crippen LogP contribution in [0.3, 0.4) is 0 Å². The SMILES string of the molecule is CC(C)C(=O)NC1CCN(CC(=O)Nc2sc3c(c2C#N)CCCCC3)CC1. The molecule has 1 saturated heterocycles. The fraction of sp³-hybridized carbons (Fsp3) is 0.667. The Labute approximate surface area is 171 Å². The van der Waals surface area contributed by atoms with Gasteiger partial charge >= 0.3 is 0 Å². The molecule has 1 fully saturated rings. The predicted molar refractivity (Wildman–Crippen MR) is 111 cm³/mol. The van der Waals surface area contributed by atoms with E-state index in [0.717, 1.165) is 62.2 Å². The van der Waals surface area contributed by atoms with E-state index in [4.69, 9.17) is 0 Å². The van der Waals surface area contributed by atoms with Crippen molar-refractivity contribution in [2.75, 3.05) is 25.0 Å². The zero-order valence-electron chi connectivity index (χ0n) is 16.8. The minimum atomic E-state index is -0.0578. The first-order valence-corrected chi connectivity index (χ1v) is 11.2. The molecule has 0 saturated carbocycles. The van der Waals surface area contributed by atoms with Crippen LogP contribution in [-0.4, -0.2) is 42.4 Å². The van der Waals surface area contributed by atoms with E-state index in [-0.39, 0.29) is 23.8 Å². The number of nitrogens with zero attached hydrogens (tertiary/aromatic N) is 2. The van der Waals surface area contributed by atoms with Gasteiger partial charge in [-0.05, 0) is 44.1 Å². The van der Waals surface area contributed by atoms with Crippen LogP contribution in [0.25, 0.3) is 0 Å². The summed E-state index contributed by atoms with van der Waals surface area (Å²) in [4.78, 5) is 27.8. The van der Waals surface area contributed by atoms with E-state index in [0.29, 0.717) is 12.1 Å². The molecule has 2 aliphatic rings. The number of thiophene rings is 1. The third-order valence-electron chi connectivity index (χ3n) is 5.61. The van der Waals surface area contributed by atoms with Crippen LogP contribution in [0.15, 0.2) is 0 Å². The van der Waals surface area contributed by atoms with Crippen LogP contribution in [0.2, 0.25) is 0 Å². The second kappa shape index (κ2) is 9.53. The monoisotopic (exact) mass is 402 g/mol. The minimum Gasteiger partial charge on any atom is -0.353 e. The molecule has 2 amide bonds. The van der Waals surface area contributed by atoms with Gasteiger partial charge in [0.2, 0.25) is 11.8 Å². The van der Waals surface area contributed by atoms with Crippen molar-refractivity contribution in [2.24, 2.45) is 5.92 Å². The summed E-state index contributed by atoms with van der Waals surface area (Å²) in [7, 11) is 0. The Kier molecular flexibility index (Phi) is 7.08. The van der Waals surface area contributed by atoms with E-state index >= 15 is 0 Å². The first-order valence-electron chi connectivity index (χ1n) is 10.3.